The number of hydrogen-bond donors (Lipinski definition) is 1. The second-order valence-corrected chi connectivity index (χ2v) is 12.9. The van der Waals surface area contributed by atoms with Crippen molar-refractivity contribution in [3.8, 4) is 11.5 Å². The van der Waals surface area contributed by atoms with Crippen molar-refractivity contribution in [2.45, 2.75) is 19.9 Å². The predicted octanol–water partition coefficient (Wildman–Crippen LogP) is 5.03. The van der Waals surface area contributed by atoms with E-state index in [0.717, 1.165) is 18.3 Å². The molecular weight excluding hydrogens is 808 g/mol. The molecule has 0 bridgehead atoms. The summed E-state index contributed by atoms with van der Waals surface area (Å²) in [6, 6.07) is 19.5. The van der Waals surface area contributed by atoms with Crippen LogP contribution in [0.5, 0.6) is 11.5 Å². The van der Waals surface area contributed by atoms with Gasteiger partial charge in [0.15, 0.2) is 11.4 Å². The first-order chi connectivity index (χ1) is 21.2. The summed E-state index contributed by atoms with van der Waals surface area (Å²) in [6.07, 6.45) is 1.80. The molecule has 1 atom stereocenters. The van der Waals surface area contributed by atoms with Crippen LogP contribution in [0.25, 0.3) is 6.08 Å². The van der Waals surface area contributed by atoms with Crippen LogP contribution in [0.15, 0.2) is 87.8 Å². The smallest absolute Gasteiger partial charge is 0.344 e. The lowest BCUT2D eigenvalue weighted by Crippen LogP contribution is -2.40. The second-order valence-electron chi connectivity index (χ2n) is 9.59. The van der Waals surface area contributed by atoms with Crippen LogP contribution in [-0.2, 0) is 14.3 Å². The first-order valence-corrected chi connectivity index (χ1v) is 16.5. The molecule has 2 heterocycles. The number of nitrogens with one attached hydrogen (secondary N) is 1. The van der Waals surface area contributed by atoms with E-state index in [1.165, 1.54) is 11.3 Å². The number of carbonyl (C=O) groups is 2. The van der Waals surface area contributed by atoms with Crippen LogP contribution in [0.4, 0.5) is 5.69 Å². The molecule has 9 nitrogen and oxygen atoms in total. The number of hydrogen-bond acceptors (Lipinski definition) is 8. The van der Waals surface area contributed by atoms with E-state index in [4.69, 9.17) is 19.2 Å². The Hall–Kier alpha value is -3.50. The van der Waals surface area contributed by atoms with E-state index in [9.17, 15) is 14.4 Å². The van der Waals surface area contributed by atoms with Crippen LogP contribution in [0.1, 0.15) is 31.0 Å². The third-order valence-corrected chi connectivity index (χ3v) is 9.25. The lowest BCUT2D eigenvalue weighted by Gasteiger charge is -2.25. The summed E-state index contributed by atoms with van der Waals surface area (Å²) >= 11 is 5.54. The average Bonchev–Trinajstić information content (AvgIpc) is 3.30. The number of rotatable bonds is 9. The number of methoxy groups -OCH3 is 1. The highest BCUT2D eigenvalue weighted by molar-refractivity contribution is 14.1. The van der Waals surface area contributed by atoms with Crippen LogP contribution in [0, 0.1) is 7.14 Å². The lowest BCUT2D eigenvalue weighted by molar-refractivity contribution is -0.145. The molecule has 5 rings (SSSR count). The lowest BCUT2D eigenvalue weighted by atomic mass is 9.95. The van der Waals surface area contributed by atoms with Crippen molar-refractivity contribution in [2.24, 2.45) is 4.99 Å². The summed E-state index contributed by atoms with van der Waals surface area (Å²) in [4.78, 5) is 44.8. The largest absolute Gasteiger partial charge is 0.497 e. The van der Waals surface area contributed by atoms with Crippen molar-refractivity contribution in [2.75, 3.05) is 25.6 Å². The Bertz CT molecular complexity index is 1930. The molecule has 1 aliphatic heterocycles. The SMILES string of the molecule is CCOC(=O)COc1c(I)cc(/C=c2\sc3n(c2=O)[C@H](c2cccc(OC)c2)C(C(=O)Nc2ccccc2)=C(C)N=3)cc1I. The molecule has 0 aliphatic carbocycles. The molecule has 12 heteroatoms. The van der Waals surface area contributed by atoms with Gasteiger partial charge in [0.05, 0.1) is 42.7 Å². The number of esters is 1. The van der Waals surface area contributed by atoms with Crippen LogP contribution >= 0.6 is 56.5 Å². The highest BCUT2D eigenvalue weighted by Crippen LogP contribution is 2.33. The van der Waals surface area contributed by atoms with E-state index in [-0.39, 0.29) is 24.7 Å². The molecule has 1 aromatic heterocycles. The van der Waals surface area contributed by atoms with E-state index >= 15 is 0 Å². The Balaban J connectivity index is 1.58. The molecule has 0 fully saturated rings. The van der Waals surface area contributed by atoms with Gasteiger partial charge in [-0.3, -0.25) is 14.2 Å². The van der Waals surface area contributed by atoms with E-state index in [1.54, 1.807) is 43.7 Å². The topological polar surface area (TPSA) is 108 Å². The van der Waals surface area contributed by atoms with Crippen LogP contribution < -0.4 is 29.7 Å². The van der Waals surface area contributed by atoms with Crippen LogP contribution in [0.3, 0.4) is 0 Å². The predicted molar refractivity (Wildman–Crippen MR) is 186 cm³/mol. The van der Waals surface area contributed by atoms with Gasteiger partial charge in [-0.25, -0.2) is 9.79 Å². The molecule has 0 spiro atoms. The summed E-state index contributed by atoms with van der Waals surface area (Å²) in [5.74, 6) is 0.390. The maximum Gasteiger partial charge on any atom is 0.344 e. The van der Waals surface area contributed by atoms with Gasteiger partial charge >= 0.3 is 5.97 Å². The van der Waals surface area contributed by atoms with Gasteiger partial charge in [0.2, 0.25) is 0 Å². The zero-order chi connectivity index (χ0) is 31.4. The minimum absolute atomic E-state index is 0.193. The number of benzene rings is 3. The first kappa shape index (κ1) is 31.9. The molecule has 4 aromatic rings. The zero-order valence-corrected chi connectivity index (χ0v) is 29.1. The van der Waals surface area contributed by atoms with Gasteiger partial charge in [-0.2, -0.15) is 0 Å². The normalized spacial score (nSPS) is 14.5. The molecular formula is C32H27I2N3O6S. The minimum atomic E-state index is -0.730. The molecule has 1 amide bonds. The third-order valence-electron chi connectivity index (χ3n) is 6.67. The quantitative estimate of drug-likeness (QED) is 0.187. The number of thiazole rings is 1. The first-order valence-electron chi connectivity index (χ1n) is 13.5. The molecule has 3 aromatic carbocycles. The number of halogens is 2. The summed E-state index contributed by atoms with van der Waals surface area (Å²) in [7, 11) is 1.57. The second kappa shape index (κ2) is 14.1. The molecule has 1 aliphatic rings. The maximum absolute atomic E-state index is 14.1. The fourth-order valence-electron chi connectivity index (χ4n) is 4.74. The van der Waals surface area contributed by atoms with Gasteiger partial charge in [-0.05, 0) is 113 Å². The molecule has 0 saturated carbocycles. The van der Waals surface area contributed by atoms with E-state index in [2.05, 4.69) is 50.5 Å². The van der Waals surface area contributed by atoms with Crippen molar-refractivity contribution in [1.82, 2.24) is 4.57 Å². The number of amides is 1. The Morgan fingerprint density at radius 1 is 1.07 bits per heavy atom. The molecule has 226 valence electrons. The summed E-state index contributed by atoms with van der Waals surface area (Å²) in [5.41, 5.74) is 2.75. The highest BCUT2D eigenvalue weighted by atomic mass is 127. The van der Waals surface area contributed by atoms with E-state index in [1.807, 2.05) is 54.6 Å². The standard InChI is InChI=1S/C32H27I2N3O6S/c1-4-42-26(38)17-43-29-23(33)13-19(14-24(29)34)15-25-31(40)37-28(20-9-8-12-22(16-20)41-3)27(18(2)35-32(37)44-25)30(39)36-21-10-6-5-7-11-21/h5-16,28H,4,17H2,1-3H3,(H,36,39)/b25-15-/t28-/m1/s1. The number of carbonyl (C=O) groups excluding carboxylic acids is 2. The third kappa shape index (κ3) is 6.91. The Kier molecular flexibility index (Phi) is 10.2. The fourth-order valence-corrected chi connectivity index (χ4v) is 7.92. The molecule has 44 heavy (non-hydrogen) atoms. The van der Waals surface area contributed by atoms with Gasteiger partial charge in [0.25, 0.3) is 11.5 Å². The zero-order valence-electron chi connectivity index (χ0n) is 23.9. The van der Waals surface area contributed by atoms with Gasteiger partial charge < -0.3 is 19.5 Å². The van der Waals surface area contributed by atoms with E-state index < -0.39 is 12.0 Å². The van der Waals surface area contributed by atoms with Crippen LogP contribution in [-0.4, -0.2) is 36.8 Å². The number of para-hydroxylation sites is 1. The maximum atomic E-state index is 14.1. The van der Waals surface area contributed by atoms with Crippen molar-refractivity contribution < 1.29 is 23.8 Å². The number of allylic oxidation sites excluding steroid dienone is 1. The van der Waals surface area contributed by atoms with Gasteiger partial charge in [-0.15, -0.1) is 0 Å². The number of nitrogens with zero attached hydrogens (tertiary/aromatic N) is 2. The van der Waals surface area contributed by atoms with Crippen molar-refractivity contribution in [3.63, 3.8) is 0 Å². The summed E-state index contributed by atoms with van der Waals surface area (Å²) in [6.45, 7) is 3.61. The minimum Gasteiger partial charge on any atom is -0.497 e. The Morgan fingerprint density at radius 2 is 1.80 bits per heavy atom. The molecule has 1 N–H and O–H groups in total. The average molecular weight is 835 g/mol. The number of ether oxygens (including phenoxy) is 3. The molecule has 0 saturated heterocycles. The Labute approximate surface area is 284 Å². The van der Waals surface area contributed by atoms with Crippen molar-refractivity contribution in [1.29, 1.82) is 0 Å². The number of fused-ring (bicyclic) bond motifs is 1. The monoisotopic (exact) mass is 835 g/mol. The summed E-state index contributed by atoms with van der Waals surface area (Å²) in [5, 5.41) is 2.96. The van der Waals surface area contributed by atoms with Crippen LogP contribution in [0.2, 0.25) is 0 Å². The van der Waals surface area contributed by atoms with Gasteiger partial charge in [0, 0.05) is 5.69 Å². The highest BCUT2D eigenvalue weighted by Gasteiger charge is 2.32. The van der Waals surface area contributed by atoms with Gasteiger partial charge in [-0.1, -0.05) is 41.7 Å². The molecule has 0 radical (unpaired) electrons. The van der Waals surface area contributed by atoms with Gasteiger partial charge in [0.1, 0.15) is 11.5 Å². The number of aromatic nitrogens is 1. The Morgan fingerprint density at radius 3 is 2.48 bits per heavy atom. The fraction of sp³-hybridized carbons (Fsp3) is 0.188. The van der Waals surface area contributed by atoms with Crippen molar-refractivity contribution in [3.05, 3.63) is 116 Å². The van der Waals surface area contributed by atoms with E-state index in [0.29, 0.717) is 37.8 Å². The molecule has 0 unspecified atom stereocenters. The summed E-state index contributed by atoms with van der Waals surface area (Å²) < 4.78 is 19.7. The van der Waals surface area contributed by atoms with Crippen molar-refractivity contribution >= 4 is 80.2 Å². The number of anilines is 1.